The minimum Gasteiger partial charge on any atom is -0.424 e. The van der Waals surface area contributed by atoms with Crippen LogP contribution in [-0.4, -0.2) is 33.4 Å². The third kappa shape index (κ3) is 3.65. The molecule has 4 rings (SSSR count). The van der Waals surface area contributed by atoms with Gasteiger partial charge in [0.05, 0.1) is 0 Å². The fraction of sp³-hybridized carbons (Fsp3) is 0.222. The maximum atomic E-state index is 12.7. The summed E-state index contributed by atoms with van der Waals surface area (Å²) in [6, 6.07) is 8.99. The number of carbonyl (C=O) groups excluding carboxylic acids is 1. The lowest BCUT2D eigenvalue weighted by Gasteiger charge is -2.23. The molecule has 1 N–H and O–H groups in total. The van der Waals surface area contributed by atoms with Gasteiger partial charge in [0.1, 0.15) is 11.8 Å². The number of nitrogens with one attached hydrogen (secondary N) is 1. The van der Waals surface area contributed by atoms with Crippen molar-refractivity contribution in [2.75, 3.05) is 16.8 Å². The lowest BCUT2D eigenvalue weighted by Crippen LogP contribution is -2.39. The van der Waals surface area contributed by atoms with E-state index in [2.05, 4.69) is 25.2 Å². The summed E-state index contributed by atoms with van der Waals surface area (Å²) in [5.74, 6) is 0.595. The van der Waals surface area contributed by atoms with E-state index in [1.807, 2.05) is 5.38 Å². The van der Waals surface area contributed by atoms with Crippen LogP contribution in [0, 0.1) is 0 Å². The summed E-state index contributed by atoms with van der Waals surface area (Å²) < 4.78 is 5.55. The topological polar surface area (TPSA) is 80.2 Å². The lowest BCUT2D eigenvalue weighted by atomic mass is 10.2. The van der Waals surface area contributed by atoms with E-state index < -0.39 is 0 Å². The first kappa shape index (κ1) is 16.5. The fourth-order valence-corrected chi connectivity index (χ4v) is 3.62. The predicted octanol–water partition coefficient (Wildman–Crippen LogP) is 3.33. The highest BCUT2D eigenvalue weighted by Crippen LogP contribution is 2.28. The van der Waals surface area contributed by atoms with Crippen LogP contribution in [0.2, 0.25) is 0 Å². The van der Waals surface area contributed by atoms with E-state index in [1.165, 1.54) is 0 Å². The molecule has 1 atom stereocenters. The Balaban J connectivity index is 1.40. The molecule has 0 unspecified atom stereocenters. The van der Waals surface area contributed by atoms with Crippen LogP contribution in [0.15, 0.2) is 54.3 Å². The monoisotopic (exact) mass is 367 g/mol. The second-order valence-electron chi connectivity index (χ2n) is 5.81. The van der Waals surface area contributed by atoms with Gasteiger partial charge in [0.15, 0.2) is 5.13 Å². The number of ether oxygens (including phenoxy) is 1. The average molecular weight is 367 g/mol. The van der Waals surface area contributed by atoms with Crippen molar-refractivity contribution in [1.82, 2.24) is 15.0 Å². The second kappa shape index (κ2) is 7.49. The number of carbonyl (C=O) groups is 1. The Bertz CT molecular complexity index is 855. The van der Waals surface area contributed by atoms with Gasteiger partial charge in [0, 0.05) is 36.2 Å². The van der Waals surface area contributed by atoms with Gasteiger partial charge in [-0.25, -0.2) is 15.0 Å². The highest BCUT2D eigenvalue weighted by molar-refractivity contribution is 7.13. The van der Waals surface area contributed by atoms with Crippen molar-refractivity contribution >= 4 is 28.1 Å². The van der Waals surface area contributed by atoms with Crippen molar-refractivity contribution in [2.24, 2.45) is 0 Å². The van der Waals surface area contributed by atoms with E-state index in [1.54, 1.807) is 60.3 Å². The number of rotatable bonds is 5. The van der Waals surface area contributed by atoms with Crippen LogP contribution < -0.4 is 15.0 Å². The molecule has 1 aromatic carbocycles. The van der Waals surface area contributed by atoms with Crippen LogP contribution in [0.3, 0.4) is 0 Å². The summed E-state index contributed by atoms with van der Waals surface area (Å²) in [6.07, 6.45) is 6.82. The van der Waals surface area contributed by atoms with Crippen molar-refractivity contribution < 1.29 is 9.53 Å². The molecule has 0 radical (unpaired) electrons. The molecule has 1 amide bonds. The molecule has 2 aromatic heterocycles. The number of amides is 1. The van der Waals surface area contributed by atoms with Crippen LogP contribution >= 0.6 is 11.3 Å². The molecule has 0 bridgehead atoms. The van der Waals surface area contributed by atoms with E-state index in [-0.39, 0.29) is 18.0 Å². The van der Waals surface area contributed by atoms with Crippen molar-refractivity contribution in [3.63, 3.8) is 0 Å². The average Bonchev–Trinajstić information content (AvgIpc) is 3.35. The second-order valence-corrected chi connectivity index (χ2v) is 6.69. The SMILES string of the molecule is O=C(Nc1ccc(Oc2ncccn2)cc1)[C@H]1CCCN1c1nccs1. The maximum absolute atomic E-state index is 12.7. The Morgan fingerprint density at radius 3 is 2.69 bits per heavy atom. The number of aromatic nitrogens is 3. The van der Waals surface area contributed by atoms with Crippen LogP contribution in [0.5, 0.6) is 11.8 Å². The molecule has 3 heterocycles. The summed E-state index contributed by atoms with van der Waals surface area (Å²) in [5.41, 5.74) is 0.724. The van der Waals surface area contributed by atoms with Crippen molar-refractivity contribution in [3.05, 3.63) is 54.3 Å². The summed E-state index contributed by atoms with van der Waals surface area (Å²) in [7, 11) is 0. The van der Waals surface area contributed by atoms with Gasteiger partial charge in [-0.05, 0) is 43.2 Å². The molecule has 132 valence electrons. The van der Waals surface area contributed by atoms with Crippen molar-refractivity contribution in [1.29, 1.82) is 0 Å². The number of hydrogen-bond donors (Lipinski definition) is 1. The maximum Gasteiger partial charge on any atom is 0.321 e. The van der Waals surface area contributed by atoms with E-state index in [4.69, 9.17) is 4.74 Å². The normalized spacial score (nSPS) is 16.5. The summed E-state index contributed by atoms with van der Waals surface area (Å²) >= 11 is 1.56. The van der Waals surface area contributed by atoms with Crippen molar-refractivity contribution in [3.8, 4) is 11.8 Å². The molecule has 1 aliphatic heterocycles. The molecule has 26 heavy (non-hydrogen) atoms. The van der Waals surface area contributed by atoms with Crippen LogP contribution in [0.4, 0.5) is 10.8 Å². The molecule has 0 spiro atoms. The van der Waals surface area contributed by atoms with E-state index in [0.717, 1.165) is 30.2 Å². The van der Waals surface area contributed by atoms with Gasteiger partial charge in [-0.15, -0.1) is 11.3 Å². The molecule has 7 nitrogen and oxygen atoms in total. The molecule has 8 heteroatoms. The Labute approximate surface area is 154 Å². The summed E-state index contributed by atoms with van der Waals surface area (Å²) in [4.78, 5) is 27.1. The zero-order chi connectivity index (χ0) is 17.8. The first-order chi connectivity index (χ1) is 12.8. The largest absolute Gasteiger partial charge is 0.424 e. The standard InChI is InChI=1S/C18H17N5O2S/c24-16(15-3-1-11-23(15)18-21-10-12-26-18)22-13-4-6-14(7-5-13)25-17-19-8-2-9-20-17/h2,4-10,12,15H,1,3,11H2,(H,22,24)/t15-/m1/s1. The van der Waals surface area contributed by atoms with Gasteiger partial charge in [0.25, 0.3) is 0 Å². The first-order valence-corrected chi connectivity index (χ1v) is 9.19. The van der Waals surface area contributed by atoms with E-state index in [9.17, 15) is 4.79 Å². The third-order valence-corrected chi connectivity index (χ3v) is 4.90. The molecule has 1 aliphatic rings. The first-order valence-electron chi connectivity index (χ1n) is 8.31. The molecule has 0 saturated carbocycles. The molecule has 1 fully saturated rings. The number of anilines is 2. The van der Waals surface area contributed by atoms with Gasteiger partial charge in [-0.1, -0.05) is 0 Å². The van der Waals surface area contributed by atoms with Crippen LogP contribution in [0.1, 0.15) is 12.8 Å². The molecular weight excluding hydrogens is 350 g/mol. The smallest absolute Gasteiger partial charge is 0.321 e. The Morgan fingerprint density at radius 1 is 1.15 bits per heavy atom. The van der Waals surface area contributed by atoms with E-state index in [0.29, 0.717) is 5.75 Å². The third-order valence-electron chi connectivity index (χ3n) is 4.09. The zero-order valence-electron chi connectivity index (χ0n) is 13.9. The predicted molar refractivity (Wildman–Crippen MR) is 99.7 cm³/mol. The number of benzene rings is 1. The molecular formula is C18H17N5O2S. The molecule has 3 aromatic rings. The van der Waals surface area contributed by atoms with Gasteiger partial charge in [-0.2, -0.15) is 0 Å². The highest BCUT2D eigenvalue weighted by atomic mass is 32.1. The minimum atomic E-state index is -0.185. The van der Waals surface area contributed by atoms with Gasteiger partial charge < -0.3 is 15.0 Å². The molecule has 1 saturated heterocycles. The van der Waals surface area contributed by atoms with Gasteiger partial charge in [0.2, 0.25) is 5.91 Å². The molecule has 0 aliphatic carbocycles. The summed E-state index contributed by atoms with van der Waals surface area (Å²) in [5, 5.41) is 5.80. The summed E-state index contributed by atoms with van der Waals surface area (Å²) in [6.45, 7) is 0.857. The van der Waals surface area contributed by atoms with Crippen LogP contribution in [0.25, 0.3) is 0 Å². The Hall–Kier alpha value is -3.00. The Kier molecular flexibility index (Phi) is 4.74. The highest BCUT2D eigenvalue weighted by Gasteiger charge is 2.32. The van der Waals surface area contributed by atoms with E-state index >= 15 is 0 Å². The van der Waals surface area contributed by atoms with Crippen LogP contribution in [-0.2, 0) is 4.79 Å². The minimum absolute atomic E-state index is 0.0160. The number of thiazole rings is 1. The quantitative estimate of drug-likeness (QED) is 0.745. The van der Waals surface area contributed by atoms with Gasteiger partial charge >= 0.3 is 6.01 Å². The Morgan fingerprint density at radius 2 is 1.96 bits per heavy atom. The van der Waals surface area contributed by atoms with Gasteiger partial charge in [-0.3, -0.25) is 4.79 Å². The number of nitrogens with zero attached hydrogens (tertiary/aromatic N) is 4. The fourth-order valence-electron chi connectivity index (χ4n) is 2.90. The van der Waals surface area contributed by atoms with Crippen molar-refractivity contribution in [2.45, 2.75) is 18.9 Å². The zero-order valence-corrected chi connectivity index (χ0v) is 14.7. The number of hydrogen-bond acceptors (Lipinski definition) is 7. The lowest BCUT2D eigenvalue weighted by molar-refractivity contribution is -0.117.